The molecule has 3 aliphatic rings. The number of benzene rings is 1. The maximum absolute atomic E-state index is 12.1. The number of amides is 2. The zero-order valence-corrected chi connectivity index (χ0v) is 13.9. The Labute approximate surface area is 144 Å². The second-order valence-corrected chi connectivity index (χ2v) is 7.27. The quantitative estimate of drug-likeness (QED) is 0.759. The number of nitrogens with zero attached hydrogens (tertiary/aromatic N) is 1. The number of fused-ring (bicyclic) bond motifs is 1. The van der Waals surface area contributed by atoms with E-state index >= 15 is 0 Å². The molecular formula is C18H20N2O5. The summed E-state index contributed by atoms with van der Waals surface area (Å²) in [6, 6.07) is 5.13. The Balaban J connectivity index is 1.65. The minimum absolute atomic E-state index is 0.109. The van der Waals surface area contributed by atoms with Crippen LogP contribution in [0.25, 0.3) is 0 Å². The Morgan fingerprint density at radius 2 is 2.08 bits per heavy atom. The van der Waals surface area contributed by atoms with Crippen LogP contribution in [0, 0.1) is 5.92 Å². The number of carboxylic acids is 1. The molecule has 1 spiro atoms. The van der Waals surface area contributed by atoms with Gasteiger partial charge in [0.1, 0.15) is 5.75 Å². The Hall–Kier alpha value is -2.57. The van der Waals surface area contributed by atoms with Gasteiger partial charge in [0, 0.05) is 19.4 Å². The Kier molecular flexibility index (Phi) is 3.49. The molecule has 1 saturated carbocycles. The lowest BCUT2D eigenvalue weighted by molar-refractivity contribution is -0.158. The van der Waals surface area contributed by atoms with Crippen LogP contribution >= 0.6 is 0 Å². The van der Waals surface area contributed by atoms with Crippen molar-refractivity contribution in [2.45, 2.75) is 44.2 Å². The maximum Gasteiger partial charge on any atom is 0.394 e. The third kappa shape index (κ3) is 2.63. The van der Waals surface area contributed by atoms with E-state index in [2.05, 4.69) is 5.32 Å². The SMILES string of the molecule is C[C@H]1CCC(c2ccc3c(c2)OC2(CC2)C(=O)N3)N(C(=O)C(=O)O)C1. The van der Waals surface area contributed by atoms with Gasteiger partial charge in [-0.3, -0.25) is 9.59 Å². The Bertz CT molecular complexity index is 771. The first-order valence-corrected chi connectivity index (χ1v) is 8.58. The topological polar surface area (TPSA) is 95.9 Å². The second kappa shape index (κ2) is 5.47. The lowest BCUT2D eigenvalue weighted by Crippen LogP contribution is -2.44. The summed E-state index contributed by atoms with van der Waals surface area (Å²) in [6.07, 6.45) is 3.03. The molecule has 4 rings (SSSR count). The van der Waals surface area contributed by atoms with Gasteiger partial charge in [-0.05, 0) is 36.5 Å². The first-order valence-electron chi connectivity index (χ1n) is 8.58. The lowest BCUT2D eigenvalue weighted by atomic mass is 9.89. The van der Waals surface area contributed by atoms with E-state index in [4.69, 9.17) is 9.84 Å². The Morgan fingerprint density at radius 3 is 2.76 bits per heavy atom. The van der Waals surface area contributed by atoms with Crippen LogP contribution in [-0.2, 0) is 14.4 Å². The third-order valence-corrected chi connectivity index (χ3v) is 5.32. The molecule has 7 nitrogen and oxygen atoms in total. The van der Waals surface area contributed by atoms with Crippen molar-refractivity contribution < 1.29 is 24.2 Å². The van der Waals surface area contributed by atoms with Crippen LogP contribution < -0.4 is 10.1 Å². The second-order valence-electron chi connectivity index (χ2n) is 7.27. The summed E-state index contributed by atoms with van der Waals surface area (Å²) < 4.78 is 5.91. The molecule has 132 valence electrons. The van der Waals surface area contributed by atoms with E-state index in [-0.39, 0.29) is 17.9 Å². The molecule has 2 fully saturated rings. The fourth-order valence-corrected chi connectivity index (χ4v) is 3.72. The lowest BCUT2D eigenvalue weighted by Gasteiger charge is -2.38. The predicted molar refractivity (Wildman–Crippen MR) is 88.2 cm³/mol. The molecule has 0 bridgehead atoms. The van der Waals surface area contributed by atoms with Crippen LogP contribution in [0.5, 0.6) is 5.75 Å². The van der Waals surface area contributed by atoms with Crippen LogP contribution in [-0.4, -0.2) is 39.9 Å². The van der Waals surface area contributed by atoms with E-state index in [0.717, 1.165) is 12.0 Å². The summed E-state index contributed by atoms with van der Waals surface area (Å²) in [5, 5.41) is 12.0. The van der Waals surface area contributed by atoms with Crippen LogP contribution in [0.2, 0.25) is 0 Å². The Morgan fingerprint density at radius 1 is 1.32 bits per heavy atom. The van der Waals surface area contributed by atoms with E-state index in [9.17, 15) is 14.4 Å². The van der Waals surface area contributed by atoms with Gasteiger partial charge < -0.3 is 20.1 Å². The van der Waals surface area contributed by atoms with Crippen LogP contribution in [0.4, 0.5) is 5.69 Å². The predicted octanol–water partition coefficient (Wildman–Crippen LogP) is 1.93. The van der Waals surface area contributed by atoms with Crippen molar-refractivity contribution >= 4 is 23.5 Å². The molecule has 2 aliphatic heterocycles. The van der Waals surface area contributed by atoms with Crippen LogP contribution in [0.1, 0.15) is 44.2 Å². The van der Waals surface area contributed by atoms with Crippen molar-refractivity contribution in [1.82, 2.24) is 4.90 Å². The van der Waals surface area contributed by atoms with E-state index in [1.807, 2.05) is 19.1 Å². The number of carbonyl (C=O) groups excluding carboxylic acids is 2. The number of aliphatic carboxylic acids is 1. The van der Waals surface area contributed by atoms with E-state index in [0.29, 0.717) is 37.2 Å². The van der Waals surface area contributed by atoms with E-state index in [1.165, 1.54) is 4.90 Å². The van der Waals surface area contributed by atoms with Gasteiger partial charge >= 0.3 is 11.9 Å². The summed E-state index contributed by atoms with van der Waals surface area (Å²) in [7, 11) is 0. The van der Waals surface area contributed by atoms with Gasteiger partial charge in [-0.1, -0.05) is 13.0 Å². The number of hydrogen-bond donors (Lipinski definition) is 2. The largest absolute Gasteiger partial charge is 0.475 e. The standard InChI is InChI=1S/C18H20N2O5/c1-10-2-5-13(20(9-10)15(21)16(22)23)11-3-4-12-14(8-11)25-18(6-7-18)17(24)19-12/h3-4,8,10,13H,2,5-7,9H2,1H3,(H,19,24)(H,22,23)/t10-,13?/m0/s1. The average molecular weight is 344 g/mol. The molecular weight excluding hydrogens is 324 g/mol. The van der Waals surface area contributed by atoms with Crippen LogP contribution in [0.3, 0.4) is 0 Å². The molecule has 7 heteroatoms. The third-order valence-electron chi connectivity index (χ3n) is 5.32. The number of nitrogens with one attached hydrogen (secondary N) is 1. The van der Waals surface area contributed by atoms with Crippen molar-refractivity contribution in [2.24, 2.45) is 5.92 Å². The van der Waals surface area contributed by atoms with Crippen molar-refractivity contribution in [3.05, 3.63) is 23.8 Å². The molecule has 1 aromatic rings. The molecule has 1 aliphatic carbocycles. The van der Waals surface area contributed by atoms with Gasteiger partial charge in [-0.2, -0.15) is 0 Å². The molecule has 2 atom stereocenters. The van der Waals surface area contributed by atoms with Crippen molar-refractivity contribution in [3.63, 3.8) is 0 Å². The van der Waals surface area contributed by atoms with Gasteiger partial charge in [0.05, 0.1) is 11.7 Å². The molecule has 0 aromatic heterocycles. The molecule has 2 heterocycles. The fourth-order valence-electron chi connectivity index (χ4n) is 3.72. The van der Waals surface area contributed by atoms with Gasteiger partial charge in [-0.15, -0.1) is 0 Å². The molecule has 1 aromatic carbocycles. The van der Waals surface area contributed by atoms with Crippen LogP contribution in [0.15, 0.2) is 18.2 Å². The number of anilines is 1. The molecule has 2 N–H and O–H groups in total. The maximum atomic E-state index is 12.1. The first kappa shape index (κ1) is 15.9. The molecule has 2 amide bonds. The summed E-state index contributed by atoms with van der Waals surface area (Å²) in [5.41, 5.74) is 0.724. The minimum Gasteiger partial charge on any atom is -0.475 e. The first-order chi connectivity index (χ1) is 11.9. The number of carbonyl (C=O) groups is 3. The molecule has 0 radical (unpaired) electrons. The summed E-state index contributed by atoms with van der Waals surface area (Å²) >= 11 is 0. The summed E-state index contributed by atoms with van der Waals surface area (Å²) in [4.78, 5) is 36.8. The van der Waals surface area contributed by atoms with Gasteiger partial charge in [0.2, 0.25) is 0 Å². The molecule has 25 heavy (non-hydrogen) atoms. The molecule has 1 saturated heterocycles. The van der Waals surface area contributed by atoms with E-state index < -0.39 is 17.5 Å². The highest BCUT2D eigenvalue weighted by Gasteiger charge is 2.55. The van der Waals surface area contributed by atoms with Crippen molar-refractivity contribution in [3.8, 4) is 5.75 Å². The highest BCUT2D eigenvalue weighted by atomic mass is 16.5. The number of rotatable bonds is 1. The highest BCUT2D eigenvalue weighted by Crippen LogP contribution is 2.47. The number of hydrogen-bond acceptors (Lipinski definition) is 4. The smallest absolute Gasteiger partial charge is 0.394 e. The van der Waals surface area contributed by atoms with Crippen molar-refractivity contribution in [2.75, 3.05) is 11.9 Å². The van der Waals surface area contributed by atoms with E-state index in [1.54, 1.807) is 6.07 Å². The van der Waals surface area contributed by atoms with Gasteiger partial charge in [0.15, 0.2) is 5.60 Å². The van der Waals surface area contributed by atoms with Gasteiger partial charge in [-0.25, -0.2) is 4.79 Å². The van der Waals surface area contributed by atoms with Crippen molar-refractivity contribution in [1.29, 1.82) is 0 Å². The highest BCUT2D eigenvalue weighted by molar-refractivity contribution is 6.31. The number of ether oxygens (including phenoxy) is 1. The zero-order chi connectivity index (χ0) is 17.8. The summed E-state index contributed by atoms with van der Waals surface area (Å²) in [5.74, 6) is -1.56. The van der Waals surface area contributed by atoms with Gasteiger partial charge in [0.25, 0.3) is 5.91 Å². The number of carboxylic acid groups (broad SMARTS) is 1. The monoisotopic (exact) mass is 344 g/mol. The fraction of sp³-hybridized carbons (Fsp3) is 0.500. The number of piperidine rings is 1. The molecule has 1 unspecified atom stereocenters. The average Bonchev–Trinajstić information content (AvgIpc) is 3.35. The summed E-state index contributed by atoms with van der Waals surface area (Å²) in [6.45, 7) is 2.44. The minimum atomic E-state index is -1.43. The number of likely N-dealkylation sites (tertiary alicyclic amines) is 1. The normalized spacial score (nSPS) is 26.4. The zero-order valence-electron chi connectivity index (χ0n) is 13.9.